The van der Waals surface area contributed by atoms with Gasteiger partial charge in [-0.05, 0) is 43.5 Å². The maximum Gasteiger partial charge on any atom is 0.0632 e. The van der Waals surface area contributed by atoms with Crippen LogP contribution in [0.15, 0.2) is 54.6 Å². The Morgan fingerprint density at radius 3 is 2.35 bits per heavy atom. The molecule has 1 aliphatic rings. The molecule has 3 rings (SSSR count). The summed E-state index contributed by atoms with van der Waals surface area (Å²) >= 11 is 6.56. The zero-order chi connectivity index (χ0) is 16.3. The largest absolute Gasteiger partial charge is 0.323 e. The number of halogens is 1. The Morgan fingerprint density at radius 2 is 1.65 bits per heavy atom. The van der Waals surface area contributed by atoms with Crippen LogP contribution in [0.25, 0.3) is 0 Å². The predicted molar refractivity (Wildman–Crippen MR) is 97.7 cm³/mol. The van der Waals surface area contributed by atoms with E-state index in [2.05, 4.69) is 41.7 Å². The third kappa shape index (κ3) is 2.91. The van der Waals surface area contributed by atoms with E-state index in [1.165, 1.54) is 12.0 Å². The molecule has 2 aromatic carbocycles. The van der Waals surface area contributed by atoms with Crippen LogP contribution in [0, 0.1) is 0 Å². The van der Waals surface area contributed by atoms with Gasteiger partial charge in [0.2, 0.25) is 0 Å². The van der Waals surface area contributed by atoms with Crippen LogP contribution >= 0.6 is 11.6 Å². The Kier molecular flexibility index (Phi) is 4.77. The van der Waals surface area contributed by atoms with Crippen molar-refractivity contribution >= 4 is 11.6 Å². The van der Waals surface area contributed by atoms with Crippen LogP contribution in [0.5, 0.6) is 0 Å². The Hall–Kier alpha value is -1.35. The molecule has 1 fully saturated rings. The highest BCUT2D eigenvalue weighted by Gasteiger charge is 2.51. The number of nitrogens with two attached hydrogens (primary N) is 1. The van der Waals surface area contributed by atoms with Crippen molar-refractivity contribution in [2.45, 2.75) is 43.2 Å². The molecule has 2 aromatic rings. The van der Waals surface area contributed by atoms with Crippen LogP contribution in [-0.4, -0.2) is 12.6 Å². The number of hydrogen-bond donors (Lipinski definition) is 2. The molecule has 2 atom stereocenters. The Balaban J connectivity index is 2.07. The summed E-state index contributed by atoms with van der Waals surface area (Å²) in [5, 5.41) is 4.37. The number of likely N-dealkylation sites (N-methyl/N-ethyl adjacent to an activating group) is 1. The number of benzene rings is 2. The van der Waals surface area contributed by atoms with Crippen molar-refractivity contribution in [2.75, 3.05) is 7.05 Å². The maximum atomic E-state index is 7.06. The van der Waals surface area contributed by atoms with Crippen molar-refractivity contribution in [3.8, 4) is 0 Å². The summed E-state index contributed by atoms with van der Waals surface area (Å²) in [5.74, 6) is 0. The zero-order valence-electron chi connectivity index (χ0n) is 13.7. The van der Waals surface area contributed by atoms with Crippen LogP contribution in [-0.2, 0) is 12.0 Å². The van der Waals surface area contributed by atoms with Crippen LogP contribution < -0.4 is 11.1 Å². The molecule has 0 aromatic heterocycles. The number of nitrogens with one attached hydrogen (secondary N) is 1. The van der Waals surface area contributed by atoms with E-state index in [1.54, 1.807) is 0 Å². The second kappa shape index (κ2) is 6.64. The summed E-state index contributed by atoms with van der Waals surface area (Å²) in [6.07, 6.45) is 5.18. The standard InChI is InChI=1S/C20H25ClN2/c1-23-20(17-11-5-6-12-18(17)21)14-8-7-13-19(20,22)15-16-9-3-2-4-10-16/h2-6,9-12,23H,7-8,13-15,22H2,1H3. The highest BCUT2D eigenvalue weighted by Crippen LogP contribution is 2.46. The molecule has 122 valence electrons. The van der Waals surface area contributed by atoms with E-state index < -0.39 is 0 Å². The van der Waals surface area contributed by atoms with Crippen molar-refractivity contribution in [2.24, 2.45) is 5.73 Å². The molecule has 0 amide bonds. The third-order valence-corrected chi connectivity index (χ3v) is 5.73. The molecular formula is C20H25ClN2. The van der Waals surface area contributed by atoms with E-state index in [9.17, 15) is 0 Å². The molecule has 23 heavy (non-hydrogen) atoms. The molecule has 3 heteroatoms. The van der Waals surface area contributed by atoms with Crippen LogP contribution in [0.3, 0.4) is 0 Å². The van der Waals surface area contributed by atoms with Gasteiger partial charge in [-0.1, -0.05) is 73.0 Å². The van der Waals surface area contributed by atoms with Crippen molar-refractivity contribution in [3.63, 3.8) is 0 Å². The lowest BCUT2D eigenvalue weighted by Gasteiger charge is -2.52. The molecule has 1 saturated carbocycles. The topological polar surface area (TPSA) is 38.0 Å². The number of rotatable bonds is 4. The molecule has 1 aliphatic carbocycles. The van der Waals surface area contributed by atoms with Gasteiger partial charge < -0.3 is 11.1 Å². The fourth-order valence-corrected chi connectivity index (χ4v) is 4.51. The second-order valence-corrected chi connectivity index (χ2v) is 7.07. The average molecular weight is 329 g/mol. The minimum atomic E-state index is -0.355. The molecule has 2 unspecified atom stereocenters. The summed E-state index contributed by atoms with van der Waals surface area (Å²) in [5.41, 5.74) is 8.82. The summed E-state index contributed by atoms with van der Waals surface area (Å²) in [4.78, 5) is 0. The quantitative estimate of drug-likeness (QED) is 0.879. The first-order chi connectivity index (χ1) is 11.1. The lowest BCUT2D eigenvalue weighted by atomic mass is 9.62. The van der Waals surface area contributed by atoms with Gasteiger partial charge in [0, 0.05) is 10.6 Å². The van der Waals surface area contributed by atoms with Crippen LogP contribution in [0.1, 0.15) is 36.8 Å². The summed E-state index contributed by atoms with van der Waals surface area (Å²) < 4.78 is 0. The minimum Gasteiger partial charge on any atom is -0.323 e. The van der Waals surface area contributed by atoms with Gasteiger partial charge in [-0.15, -0.1) is 0 Å². The monoisotopic (exact) mass is 328 g/mol. The second-order valence-electron chi connectivity index (χ2n) is 6.66. The van der Waals surface area contributed by atoms with E-state index in [0.29, 0.717) is 0 Å². The smallest absolute Gasteiger partial charge is 0.0632 e. The number of hydrogen-bond acceptors (Lipinski definition) is 2. The summed E-state index contributed by atoms with van der Waals surface area (Å²) in [7, 11) is 2.02. The van der Waals surface area contributed by atoms with Gasteiger partial charge in [0.15, 0.2) is 0 Å². The molecule has 2 nitrogen and oxygen atoms in total. The fraction of sp³-hybridized carbons (Fsp3) is 0.400. The van der Waals surface area contributed by atoms with E-state index in [1.807, 2.05) is 25.2 Å². The molecule has 0 radical (unpaired) electrons. The van der Waals surface area contributed by atoms with E-state index in [4.69, 9.17) is 17.3 Å². The van der Waals surface area contributed by atoms with Gasteiger partial charge in [0.1, 0.15) is 0 Å². The van der Waals surface area contributed by atoms with Gasteiger partial charge in [-0.2, -0.15) is 0 Å². The fourth-order valence-electron chi connectivity index (χ4n) is 4.21. The lowest BCUT2D eigenvalue weighted by molar-refractivity contribution is 0.112. The first-order valence-corrected chi connectivity index (χ1v) is 8.76. The van der Waals surface area contributed by atoms with E-state index >= 15 is 0 Å². The Morgan fingerprint density at radius 1 is 1.00 bits per heavy atom. The zero-order valence-corrected chi connectivity index (χ0v) is 14.4. The van der Waals surface area contributed by atoms with Crippen molar-refractivity contribution in [3.05, 3.63) is 70.7 Å². The highest BCUT2D eigenvalue weighted by atomic mass is 35.5. The Bertz CT molecular complexity index is 658. The first-order valence-electron chi connectivity index (χ1n) is 8.38. The van der Waals surface area contributed by atoms with E-state index in [-0.39, 0.29) is 11.1 Å². The van der Waals surface area contributed by atoms with Gasteiger partial charge in [-0.3, -0.25) is 0 Å². The maximum absolute atomic E-state index is 7.06. The average Bonchev–Trinajstić information content (AvgIpc) is 2.57. The lowest BCUT2D eigenvalue weighted by Crippen LogP contribution is -2.67. The third-order valence-electron chi connectivity index (χ3n) is 5.40. The van der Waals surface area contributed by atoms with Crippen molar-refractivity contribution in [1.82, 2.24) is 5.32 Å². The molecule has 0 spiro atoms. The molecule has 0 saturated heterocycles. The molecular weight excluding hydrogens is 304 g/mol. The van der Waals surface area contributed by atoms with Gasteiger partial charge in [0.25, 0.3) is 0 Å². The van der Waals surface area contributed by atoms with E-state index in [0.717, 1.165) is 36.3 Å². The highest BCUT2D eigenvalue weighted by molar-refractivity contribution is 6.31. The predicted octanol–water partition coefficient (Wildman–Crippen LogP) is 4.27. The summed E-state index contributed by atoms with van der Waals surface area (Å²) in [6.45, 7) is 0. The van der Waals surface area contributed by atoms with Gasteiger partial charge >= 0.3 is 0 Å². The Labute approximate surface area is 144 Å². The molecule has 3 N–H and O–H groups in total. The van der Waals surface area contributed by atoms with Crippen molar-refractivity contribution in [1.29, 1.82) is 0 Å². The normalized spacial score (nSPS) is 27.8. The molecule has 0 aliphatic heterocycles. The van der Waals surface area contributed by atoms with Crippen LogP contribution in [0.4, 0.5) is 0 Å². The SMILES string of the molecule is CNC1(c2ccccc2Cl)CCCCC1(N)Cc1ccccc1. The first kappa shape index (κ1) is 16.5. The molecule has 0 heterocycles. The summed E-state index contributed by atoms with van der Waals surface area (Å²) in [6, 6.07) is 18.7. The van der Waals surface area contributed by atoms with Gasteiger partial charge in [0.05, 0.1) is 5.54 Å². The minimum absolute atomic E-state index is 0.292. The van der Waals surface area contributed by atoms with Crippen LogP contribution in [0.2, 0.25) is 5.02 Å². The molecule has 0 bridgehead atoms. The van der Waals surface area contributed by atoms with Crippen molar-refractivity contribution < 1.29 is 0 Å². The van der Waals surface area contributed by atoms with Gasteiger partial charge in [-0.25, -0.2) is 0 Å².